The van der Waals surface area contributed by atoms with Crippen LogP contribution in [0.15, 0.2) is 0 Å². The van der Waals surface area contributed by atoms with Crippen molar-refractivity contribution in [2.45, 2.75) is 76.0 Å². The molecule has 6 heteroatoms. The van der Waals surface area contributed by atoms with Crippen LogP contribution in [0.2, 0.25) is 0 Å². The molecule has 2 saturated heterocycles. The van der Waals surface area contributed by atoms with Gasteiger partial charge in [-0.3, -0.25) is 14.6 Å². The van der Waals surface area contributed by atoms with E-state index in [4.69, 9.17) is 11.6 Å². The fraction of sp³-hybridized carbons (Fsp3) is 0.708. The van der Waals surface area contributed by atoms with Crippen LogP contribution < -0.4 is 10.6 Å². The largest absolute Gasteiger partial charge is 0.344 e. The zero-order valence-electron chi connectivity index (χ0n) is 18.6. The van der Waals surface area contributed by atoms with E-state index >= 15 is 0 Å². The fourth-order valence-corrected chi connectivity index (χ4v) is 6.34. The van der Waals surface area contributed by atoms with Crippen molar-refractivity contribution in [1.29, 1.82) is 0 Å². The van der Waals surface area contributed by atoms with E-state index in [1.165, 1.54) is 34.7 Å². The van der Waals surface area contributed by atoms with Gasteiger partial charge >= 0.3 is 0 Å². The molecule has 30 heavy (non-hydrogen) atoms. The van der Waals surface area contributed by atoms with Crippen molar-refractivity contribution in [2.75, 3.05) is 33.2 Å². The Hall–Kier alpha value is -1.30. The zero-order chi connectivity index (χ0) is 21.0. The maximum Gasteiger partial charge on any atom is 0.224 e. The van der Waals surface area contributed by atoms with Gasteiger partial charge in [-0.15, -0.1) is 11.6 Å². The lowest BCUT2D eigenvalue weighted by atomic mass is 9.97. The first-order valence-corrected chi connectivity index (χ1v) is 12.2. The Morgan fingerprint density at radius 3 is 2.70 bits per heavy atom. The van der Waals surface area contributed by atoms with E-state index in [1.54, 1.807) is 0 Å². The smallest absolute Gasteiger partial charge is 0.224 e. The molecule has 3 atom stereocenters. The normalized spacial score (nSPS) is 28.8. The lowest BCUT2D eigenvalue weighted by Crippen LogP contribution is -2.50. The van der Waals surface area contributed by atoms with Crippen molar-refractivity contribution in [1.82, 2.24) is 19.3 Å². The molecule has 2 fully saturated rings. The van der Waals surface area contributed by atoms with Gasteiger partial charge in [-0.05, 0) is 45.7 Å². The molecule has 5 rings (SSSR count). The first-order valence-electron chi connectivity index (χ1n) is 11.7. The Labute approximate surface area is 184 Å². The summed E-state index contributed by atoms with van der Waals surface area (Å²) in [6.07, 6.45) is 9.68. The number of carbonyl (C=O) groups is 1. The summed E-state index contributed by atoms with van der Waals surface area (Å²) in [5.41, 5.74) is 2.97. The first-order chi connectivity index (χ1) is 14.4. The second-order valence-electron chi connectivity index (χ2n) is 9.81. The molecule has 1 aromatic rings. The second-order valence-corrected chi connectivity index (χ2v) is 10.4. The third-order valence-electron chi connectivity index (χ3n) is 7.93. The predicted octanol–water partition coefficient (Wildman–Crippen LogP) is 1.69. The Morgan fingerprint density at radius 2 is 1.97 bits per heavy atom. The average molecular weight is 431 g/mol. The van der Waals surface area contributed by atoms with E-state index < -0.39 is 0 Å². The Morgan fingerprint density at radius 1 is 1.20 bits per heavy atom. The van der Waals surface area contributed by atoms with Gasteiger partial charge in [0.05, 0.1) is 5.38 Å². The summed E-state index contributed by atoms with van der Waals surface area (Å²) >= 11 is 6.52. The number of likely N-dealkylation sites (N-methyl/N-ethyl adjacent to an activating group) is 1. The highest BCUT2D eigenvalue weighted by Crippen LogP contribution is 2.41. The predicted molar refractivity (Wildman–Crippen MR) is 122 cm³/mol. The molecule has 4 heterocycles. The quantitative estimate of drug-likeness (QED) is 0.681. The molecule has 1 aromatic heterocycles. The molecule has 0 spiro atoms. The van der Waals surface area contributed by atoms with Crippen molar-refractivity contribution in [2.24, 2.45) is 0 Å². The molecule has 2 bridgehead atoms. The molecule has 3 unspecified atom stereocenters. The van der Waals surface area contributed by atoms with Gasteiger partial charge in [0, 0.05) is 80.0 Å². The van der Waals surface area contributed by atoms with E-state index in [2.05, 4.69) is 52.3 Å². The summed E-state index contributed by atoms with van der Waals surface area (Å²) in [5.74, 6) is 0.306. The van der Waals surface area contributed by atoms with Crippen LogP contribution in [0.1, 0.15) is 56.8 Å². The monoisotopic (exact) mass is 430 g/mol. The van der Waals surface area contributed by atoms with Gasteiger partial charge in [0.15, 0.2) is 0 Å². The summed E-state index contributed by atoms with van der Waals surface area (Å²) in [4.78, 5) is 20.1. The van der Waals surface area contributed by atoms with E-state index in [-0.39, 0.29) is 5.38 Å². The van der Waals surface area contributed by atoms with Gasteiger partial charge in [0.25, 0.3) is 0 Å². The molecule has 4 aliphatic rings. The van der Waals surface area contributed by atoms with Crippen molar-refractivity contribution in [3.63, 3.8) is 0 Å². The van der Waals surface area contributed by atoms with Gasteiger partial charge < -0.3 is 9.47 Å². The van der Waals surface area contributed by atoms with E-state index in [0.29, 0.717) is 30.5 Å². The number of rotatable bonds is 4. The van der Waals surface area contributed by atoms with Crippen LogP contribution in [0, 0.1) is 0 Å². The molecule has 1 amide bonds. The first kappa shape index (κ1) is 20.6. The fourth-order valence-electron chi connectivity index (χ4n) is 6.13. The number of aromatic nitrogens is 1. The highest BCUT2D eigenvalue weighted by Gasteiger charge is 2.40. The van der Waals surface area contributed by atoms with Gasteiger partial charge in [0.2, 0.25) is 5.91 Å². The molecule has 0 aromatic carbocycles. The maximum atomic E-state index is 13.0. The number of piperazine rings is 1. The molecule has 0 radical (unpaired) electrons. The summed E-state index contributed by atoms with van der Waals surface area (Å²) in [6, 6.07) is 1.72. The lowest BCUT2D eigenvalue weighted by Gasteiger charge is -2.37. The Balaban J connectivity index is 1.38. The number of halogens is 1. The van der Waals surface area contributed by atoms with Gasteiger partial charge in [-0.2, -0.15) is 0 Å². The molecule has 3 aliphatic heterocycles. The minimum Gasteiger partial charge on any atom is -0.344 e. The van der Waals surface area contributed by atoms with Crippen molar-refractivity contribution in [3.05, 3.63) is 21.8 Å². The van der Waals surface area contributed by atoms with Crippen molar-refractivity contribution in [3.8, 4) is 0 Å². The second kappa shape index (κ2) is 7.99. The highest BCUT2D eigenvalue weighted by atomic mass is 35.5. The number of nitrogens with zero attached hydrogens (tertiary/aromatic N) is 4. The summed E-state index contributed by atoms with van der Waals surface area (Å²) in [7, 11) is 2.28. The van der Waals surface area contributed by atoms with Crippen LogP contribution in [-0.2, 0) is 17.8 Å². The van der Waals surface area contributed by atoms with Crippen LogP contribution in [-0.4, -0.2) is 75.9 Å². The SMILES string of the molecule is CC(C)N1CCN(C(=O)CCn2c3c(c4c2=CCC(Cl)C=4)C2CCC(C3)N2C)CC1. The van der Waals surface area contributed by atoms with E-state index in [9.17, 15) is 4.79 Å². The lowest BCUT2D eigenvalue weighted by molar-refractivity contribution is -0.133. The maximum absolute atomic E-state index is 13.0. The highest BCUT2D eigenvalue weighted by molar-refractivity contribution is 6.24. The molecule has 0 saturated carbocycles. The van der Waals surface area contributed by atoms with Crippen LogP contribution >= 0.6 is 11.6 Å². The molecule has 0 N–H and O–H groups in total. The van der Waals surface area contributed by atoms with Gasteiger partial charge in [-0.25, -0.2) is 0 Å². The number of hydrogen-bond donors (Lipinski definition) is 0. The van der Waals surface area contributed by atoms with Gasteiger partial charge in [0.1, 0.15) is 0 Å². The van der Waals surface area contributed by atoms with Crippen molar-refractivity contribution >= 4 is 29.7 Å². The third kappa shape index (κ3) is 3.43. The molecule has 5 nitrogen and oxygen atoms in total. The van der Waals surface area contributed by atoms with Gasteiger partial charge in [-0.1, -0.05) is 12.2 Å². The number of amides is 1. The van der Waals surface area contributed by atoms with Crippen molar-refractivity contribution < 1.29 is 4.79 Å². The number of alkyl halides is 1. The number of hydrogen-bond acceptors (Lipinski definition) is 3. The average Bonchev–Trinajstić information content (AvgIpc) is 3.15. The zero-order valence-corrected chi connectivity index (χ0v) is 19.4. The number of carbonyl (C=O) groups excluding carboxylic acids is 1. The van der Waals surface area contributed by atoms with Crippen LogP contribution in [0.4, 0.5) is 0 Å². The van der Waals surface area contributed by atoms with E-state index in [1.807, 2.05) is 0 Å². The Kier molecular flexibility index (Phi) is 5.49. The minimum absolute atomic E-state index is 0.0840. The van der Waals surface area contributed by atoms with Crippen LogP contribution in [0.3, 0.4) is 0 Å². The summed E-state index contributed by atoms with van der Waals surface area (Å²) in [5, 5.41) is 2.75. The Bertz CT molecular complexity index is 943. The molecule has 164 valence electrons. The standard InChI is InChI=1S/C24H35ClN4O/c1-16(2)27-10-12-28(13-11-27)23(30)8-9-29-20-6-4-17(25)14-19(20)24-21-7-5-18(26(21)3)15-22(24)29/h6,14,16-18,21H,4-5,7-13,15H2,1-3H3. The van der Waals surface area contributed by atoms with Crippen LogP contribution in [0.25, 0.3) is 12.2 Å². The van der Waals surface area contributed by atoms with E-state index in [0.717, 1.165) is 45.6 Å². The molecular weight excluding hydrogens is 396 g/mol. The molecule has 1 aliphatic carbocycles. The van der Waals surface area contributed by atoms with Crippen LogP contribution in [0.5, 0.6) is 0 Å². The topological polar surface area (TPSA) is 31.7 Å². The summed E-state index contributed by atoms with van der Waals surface area (Å²) < 4.78 is 2.48. The minimum atomic E-state index is 0.0840. The number of fused-ring (bicyclic) bond motifs is 6. The molecular formula is C24H35ClN4O. The third-order valence-corrected chi connectivity index (χ3v) is 8.23. The summed E-state index contributed by atoms with van der Waals surface area (Å²) in [6.45, 7) is 8.98.